The predicted molar refractivity (Wildman–Crippen MR) is 76.3 cm³/mol. The lowest BCUT2D eigenvalue weighted by molar-refractivity contribution is 0.397. The molecule has 1 aromatic heterocycles. The maximum absolute atomic E-state index is 12.1. The summed E-state index contributed by atoms with van der Waals surface area (Å²) in [6.07, 6.45) is 0.275. The molecule has 0 aliphatic heterocycles. The fraction of sp³-hybridized carbons (Fsp3) is 0.333. The molecule has 0 saturated carbocycles. The average molecular weight is 272 g/mol. The van der Waals surface area contributed by atoms with Crippen molar-refractivity contribution in [3.05, 3.63) is 34.1 Å². The third-order valence-corrected chi connectivity index (χ3v) is 3.25. The Bertz CT molecular complexity index is 741. The van der Waals surface area contributed by atoms with Crippen LogP contribution in [-0.2, 0) is 6.54 Å². The van der Waals surface area contributed by atoms with Gasteiger partial charge in [0.2, 0.25) is 0 Å². The van der Waals surface area contributed by atoms with Gasteiger partial charge in [-0.2, -0.15) is 5.26 Å². The summed E-state index contributed by atoms with van der Waals surface area (Å²) >= 11 is 0. The summed E-state index contributed by atoms with van der Waals surface area (Å²) in [6.45, 7) is 2.22. The number of benzene rings is 1. The van der Waals surface area contributed by atoms with Crippen molar-refractivity contribution in [3.63, 3.8) is 0 Å². The van der Waals surface area contributed by atoms with E-state index in [1.807, 2.05) is 6.92 Å². The summed E-state index contributed by atoms with van der Waals surface area (Å²) in [5.41, 5.74) is 1.44. The summed E-state index contributed by atoms with van der Waals surface area (Å²) in [5.74, 6) is 1.27. The number of rotatable bonds is 4. The SMILES string of the molecule is COc1cc(OC)c2c(C)cc(=O)n(CCC#N)c2c1. The van der Waals surface area contributed by atoms with Gasteiger partial charge in [0.05, 0.1) is 32.2 Å². The van der Waals surface area contributed by atoms with E-state index in [-0.39, 0.29) is 12.0 Å². The van der Waals surface area contributed by atoms with E-state index in [1.165, 1.54) is 0 Å². The van der Waals surface area contributed by atoms with Crippen LogP contribution in [0, 0.1) is 18.3 Å². The van der Waals surface area contributed by atoms with Crippen molar-refractivity contribution >= 4 is 10.9 Å². The molecule has 0 saturated heterocycles. The molecule has 5 heteroatoms. The van der Waals surface area contributed by atoms with E-state index in [0.29, 0.717) is 18.0 Å². The van der Waals surface area contributed by atoms with Crippen LogP contribution in [0.3, 0.4) is 0 Å². The van der Waals surface area contributed by atoms with Crippen molar-refractivity contribution in [3.8, 4) is 17.6 Å². The first kappa shape index (κ1) is 13.9. The van der Waals surface area contributed by atoms with E-state index >= 15 is 0 Å². The van der Waals surface area contributed by atoms with Crippen LogP contribution in [0.2, 0.25) is 0 Å². The minimum absolute atomic E-state index is 0.124. The topological polar surface area (TPSA) is 64.2 Å². The molecule has 0 atom stereocenters. The van der Waals surface area contributed by atoms with Crippen LogP contribution in [-0.4, -0.2) is 18.8 Å². The van der Waals surface area contributed by atoms with E-state index in [0.717, 1.165) is 16.5 Å². The number of hydrogen-bond donors (Lipinski definition) is 0. The van der Waals surface area contributed by atoms with Crippen molar-refractivity contribution in [1.29, 1.82) is 5.26 Å². The molecule has 0 aliphatic carbocycles. The Morgan fingerprint density at radius 1 is 1.25 bits per heavy atom. The average Bonchev–Trinajstić information content (AvgIpc) is 2.45. The van der Waals surface area contributed by atoms with Gasteiger partial charge in [0.15, 0.2) is 0 Å². The second kappa shape index (κ2) is 5.66. The van der Waals surface area contributed by atoms with Crippen molar-refractivity contribution in [2.24, 2.45) is 0 Å². The first-order valence-corrected chi connectivity index (χ1v) is 6.25. The van der Waals surface area contributed by atoms with Crippen LogP contribution in [0.15, 0.2) is 23.0 Å². The lowest BCUT2D eigenvalue weighted by Crippen LogP contribution is -2.20. The monoisotopic (exact) mass is 272 g/mol. The fourth-order valence-corrected chi connectivity index (χ4v) is 2.31. The zero-order valence-electron chi connectivity index (χ0n) is 11.8. The Morgan fingerprint density at radius 2 is 2.00 bits per heavy atom. The number of hydrogen-bond acceptors (Lipinski definition) is 4. The standard InChI is InChI=1S/C15H16N2O3/c1-10-7-14(18)17(6-4-5-16)12-8-11(19-2)9-13(20-3)15(10)12/h7-9H,4,6H2,1-3H3. The minimum atomic E-state index is -0.124. The summed E-state index contributed by atoms with van der Waals surface area (Å²) < 4.78 is 12.2. The fourth-order valence-electron chi connectivity index (χ4n) is 2.31. The zero-order chi connectivity index (χ0) is 14.7. The molecule has 2 rings (SSSR count). The second-order valence-electron chi connectivity index (χ2n) is 4.45. The highest BCUT2D eigenvalue weighted by molar-refractivity contribution is 5.90. The van der Waals surface area contributed by atoms with Gasteiger partial charge in [-0.3, -0.25) is 4.79 Å². The van der Waals surface area contributed by atoms with Crippen LogP contribution in [0.4, 0.5) is 0 Å². The zero-order valence-corrected chi connectivity index (χ0v) is 11.8. The molecule has 0 spiro atoms. The highest BCUT2D eigenvalue weighted by Gasteiger charge is 2.13. The minimum Gasteiger partial charge on any atom is -0.497 e. The molecular weight excluding hydrogens is 256 g/mol. The summed E-state index contributed by atoms with van der Waals surface area (Å²) in [7, 11) is 3.15. The van der Waals surface area contributed by atoms with Crippen molar-refractivity contribution in [2.75, 3.05) is 14.2 Å². The van der Waals surface area contributed by atoms with E-state index in [2.05, 4.69) is 6.07 Å². The maximum Gasteiger partial charge on any atom is 0.251 e. The molecule has 0 bridgehead atoms. The third kappa shape index (κ3) is 2.32. The number of nitriles is 1. The number of methoxy groups -OCH3 is 2. The number of fused-ring (bicyclic) bond motifs is 1. The number of nitrogens with zero attached hydrogens (tertiary/aromatic N) is 2. The van der Waals surface area contributed by atoms with Crippen molar-refractivity contribution < 1.29 is 9.47 Å². The Hall–Kier alpha value is -2.48. The highest BCUT2D eigenvalue weighted by atomic mass is 16.5. The number of aromatic nitrogens is 1. The molecular formula is C15H16N2O3. The van der Waals surface area contributed by atoms with Gasteiger partial charge in [-0.05, 0) is 12.5 Å². The maximum atomic E-state index is 12.1. The molecule has 0 N–H and O–H groups in total. The number of pyridine rings is 1. The van der Waals surface area contributed by atoms with Crippen LogP contribution in [0.1, 0.15) is 12.0 Å². The summed E-state index contributed by atoms with van der Waals surface area (Å²) in [4.78, 5) is 12.1. The third-order valence-electron chi connectivity index (χ3n) is 3.25. The van der Waals surface area contributed by atoms with Crippen LogP contribution in [0.25, 0.3) is 10.9 Å². The van der Waals surface area contributed by atoms with Gasteiger partial charge in [0, 0.05) is 30.1 Å². The van der Waals surface area contributed by atoms with Crippen molar-refractivity contribution in [1.82, 2.24) is 4.57 Å². The first-order chi connectivity index (χ1) is 9.62. The molecule has 0 aliphatic rings. The Labute approximate surface area is 117 Å². The van der Waals surface area contributed by atoms with Gasteiger partial charge in [0.25, 0.3) is 5.56 Å². The van der Waals surface area contributed by atoms with E-state index in [9.17, 15) is 4.79 Å². The Kier molecular flexibility index (Phi) is 3.94. The van der Waals surface area contributed by atoms with Gasteiger partial charge in [-0.25, -0.2) is 0 Å². The largest absolute Gasteiger partial charge is 0.497 e. The molecule has 0 radical (unpaired) electrons. The molecule has 1 heterocycles. The number of aryl methyl sites for hydroxylation is 2. The molecule has 0 amide bonds. The molecule has 0 unspecified atom stereocenters. The Balaban J connectivity index is 2.85. The van der Waals surface area contributed by atoms with E-state index < -0.39 is 0 Å². The predicted octanol–water partition coefficient (Wildman–Crippen LogP) is 2.24. The van der Waals surface area contributed by atoms with Gasteiger partial charge in [-0.15, -0.1) is 0 Å². The summed E-state index contributed by atoms with van der Waals surface area (Å²) in [6, 6.07) is 7.20. The van der Waals surface area contributed by atoms with Gasteiger partial charge in [0.1, 0.15) is 11.5 Å². The smallest absolute Gasteiger partial charge is 0.251 e. The molecule has 1 aromatic carbocycles. The molecule has 5 nitrogen and oxygen atoms in total. The normalized spacial score (nSPS) is 10.3. The second-order valence-corrected chi connectivity index (χ2v) is 4.45. The molecule has 2 aromatic rings. The Morgan fingerprint density at radius 3 is 2.60 bits per heavy atom. The number of ether oxygens (including phenoxy) is 2. The van der Waals surface area contributed by atoms with E-state index in [1.54, 1.807) is 37.0 Å². The van der Waals surface area contributed by atoms with Crippen LogP contribution in [0.5, 0.6) is 11.5 Å². The van der Waals surface area contributed by atoms with Crippen LogP contribution >= 0.6 is 0 Å². The van der Waals surface area contributed by atoms with Gasteiger partial charge >= 0.3 is 0 Å². The first-order valence-electron chi connectivity index (χ1n) is 6.25. The van der Waals surface area contributed by atoms with Gasteiger partial charge < -0.3 is 14.0 Å². The van der Waals surface area contributed by atoms with Gasteiger partial charge in [-0.1, -0.05) is 0 Å². The quantitative estimate of drug-likeness (QED) is 0.856. The lowest BCUT2D eigenvalue weighted by Gasteiger charge is -2.15. The molecule has 20 heavy (non-hydrogen) atoms. The molecule has 0 fully saturated rings. The highest BCUT2D eigenvalue weighted by Crippen LogP contribution is 2.32. The van der Waals surface area contributed by atoms with Crippen LogP contribution < -0.4 is 15.0 Å². The summed E-state index contributed by atoms with van der Waals surface area (Å²) in [5, 5.41) is 9.60. The molecule has 104 valence electrons. The van der Waals surface area contributed by atoms with Crippen molar-refractivity contribution in [2.45, 2.75) is 19.9 Å². The lowest BCUT2D eigenvalue weighted by atomic mass is 10.1. The van der Waals surface area contributed by atoms with E-state index in [4.69, 9.17) is 14.7 Å².